The summed E-state index contributed by atoms with van der Waals surface area (Å²) in [4.78, 5) is 12.8. The highest BCUT2D eigenvalue weighted by Crippen LogP contribution is 2.22. The van der Waals surface area contributed by atoms with Crippen LogP contribution in [0.1, 0.15) is 11.1 Å². The Balaban J connectivity index is 2.20. The SMILES string of the molecule is Cc1ccccc1N=C(N)SC(=Nc1ccccc1C)OO. The number of nitrogens with zero attached hydrogens (tertiary/aromatic N) is 2. The van der Waals surface area contributed by atoms with Gasteiger partial charge in [-0.15, -0.1) is 0 Å². The molecule has 0 aromatic heterocycles. The summed E-state index contributed by atoms with van der Waals surface area (Å²) in [5.41, 5.74) is 9.32. The van der Waals surface area contributed by atoms with Crippen molar-refractivity contribution < 1.29 is 10.1 Å². The van der Waals surface area contributed by atoms with Gasteiger partial charge in [0.25, 0.3) is 5.23 Å². The number of amidine groups is 1. The van der Waals surface area contributed by atoms with Crippen LogP contribution in [0.2, 0.25) is 0 Å². The highest BCUT2D eigenvalue weighted by atomic mass is 32.2. The van der Waals surface area contributed by atoms with Crippen LogP contribution in [0.4, 0.5) is 11.4 Å². The van der Waals surface area contributed by atoms with E-state index in [1.165, 1.54) is 0 Å². The Morgan fingerprint density at radius 2 is 1.45 bits per heavy atom. The van der Waals surface area contributed by atoms with E-state index in [-0.39, 0.29) is 10.4 Å². The van der Waals surface area contributed by atoms with E-state index in [0.717, 1.165) is 28.6 Å². The highest BCUT2D eigenvalue weighted by molar-refractivity contribution is 8.26. The maximum atomic E-state index is 8.99. The zero-order valence-corrected chi connectivity index (χ0v) is 13.2. The van der Waals surface area contributed by atoms with Crippen molar-refractivity contribution in [2.45, 2.75) is 13.8 Å². The van der Waals surface area contributed by atoms with Crippen molar-refractivity contribution in [3.8, 4) is 0 Å². The van der Waals surface area contributed by atoms with Gasteiger partial charge in [0, 0.05) is 11.8 Å². The molecule has 0 radical (unpaired) electrons. The van der Waals surface area contributed by atoms with Gasteiger partial charge in [0.05, 0.1) is 11.4 Å². The van der Waals surface area contributed by atoms with Gasteiger partial charge in [-0.2, -0.15) is 0 Å². The molecule has 0 fully saturated rings. The zero-order valence-electron chi connectivity index (χ0n) is 12.4. The van der Waals surface area contributed by atoms with Crippen LogP contribution in [0, 0.1) is 13.8 Å². The molecule has 0 heterocycles. The number of nitrogens with two attached hydrogens (primary N) is 1. The molecule has 0 amide bonds. The fourth-order valence-electron chi connectivity index (χ4n) is 1.77. The molecular weight excluding hydrogens is 298 g/mol. The van der Waals surface area contributed by atoms with Crippen LogP contribution in [0.25, 0.3) is 0 Å². The Kier molecular flexibility index (Phi) is 5.57. The average Bonchev–Trinajstić information content (AvgIpc) is 2.51. The molecule has 2 rings (SSSR count). The van der Waals surface area contributed by atoms with E-state index in [1.807, 2.05) is 62.4 Å². The van der Waals surface area contributed by atoms with Crippen LogP contribution < -0.4 is 5.73 Å². The van der Waals surface area contributed by atoms with Gasteiger partial charge >= 0.3 is 0 Å². The van der Waals surface area contributed by atoms with Crippen molar-refractivity contribution in [2.75, 3.05) is 0 Å². The molecular formula is C16H17N3O2S. The van der Waals surface area contributed by atoms with Crippen LogP contribution in [0.3, 0.4) is 0 Å². The number of aryl methyl sites for hydroxylation is 2. The third-order valence-electron chi connectivity index (χ3n) is 2.94. The molecule has 114 valence electrons. The molecule has 3 N–H and O–H groups in total. The molecule has 2 aromatic rings. The molecule has 0 saturated carbocycles. The summed E-state index contributed by atoms with van der Waals surface area (Å²) in [6.07, 6.45) is 0. The predicted octanol–water partition coefficient (Wildman–Crippen LogP) is 4.16. The summed E-state index contributed by atoms with van der Waals surface area (Å²) in [5.74, 6) is 0. The van der Waals surface area contributed by atoms with Crippen LogP contribution >= 0.6 is 11.8 Å². The highest BCUT2D eigenvalue weighted by Gasteiger charge is 2.08. The summed E-state index contributed by atoms with van der Waals surface area (Å²) in [6.45, 7) is 3.87. The van der Waals surface area contributed by atoms with Crippen molar-refractivity contribution in [1.29, 1.82) is 0 Å². The quantitative estimate of drug-likeness (QED) is 0.377. The number of hydrogen-bond donors (Lipinski definition) is 2. The second-order valence-corrected chi connectivity index (χ2v) is 5.57. The van der Waals surface area contributed by atoms with Crippen LogP contribution in [-0.2, 0) is 4.89 Å². The molecule has 0 unspecified atom stereocenters. The van der Waals surface area contributed by atoms with Gasteiger partial charge in [0.15, 0.2) is 5.17 Å². The van der Waals surface area contributed by atoms with Crippen molar-refractivity contribution in [1.82, 2.24) is 0 Å². The van der Waals surface area contributed by atoms with Crippen molar-refractivity contribution in [3.05, 3.63) is 59.7 Å². The molecule has 0 aliphatic carbocycles. The van der Waals surface area contributed by atoms with Crippen molar-refractivity contribution in [2.24, 2.45) is 15.7 Å². The second kappa shape index (κ2) is 7.63. The minimum atomic E-state index is 0.0177. The van der Waals surface area contributed by atoms with Crippen LogP contribution in [-0.4, -0.2) is 15.7 Å². The normalized spacial score (nSPS) is 12.3. The van der Waals surface area contributed by atoms with E-state index in [4.69, 9.17) is 11.0 Å². The van der Waals surface area contributed by atoms with E-state index in [0.29, 0.717) is 5.69 Å². The van der Waals surface area contributed by atoms with Gasteiger partial charge < -0.3 is 10.6 Å². The maximum Gasteiger partial charge on any atom is 0.299 e. The van der Waals surface area contributed by atoms with E-state index < -0.39 is 0 Å². The minimum absolute atomic E-state index is 0.0177. The fourth-order valence-corrected chi connectivity index (χ4v) is 2.27. The number of benzene rings is 2. The summed E-state index contributed by atoms with van der Waals surface area (Å²) in [5, 5.41) is 9.24. The van der Waals surface area contributed by atoms with E-state index in [2.05, 4.69) is 14.9 Å². The molecule has 0 bridgehead atoms. The molecule has 5 nitrogen and oxygen atoms in total. The monoisotopic (exact) mass is 315 g/mol. The first-order valence-corrected chi connectivity index (χ1v) is 7.45. The van der Waals surface area contributed by atoms with Gasteiger partial charge in [-0.05, 0) is 37.1 Å². The fraction of sp³-hybridized carbons (Fsp3) is 0.125. The van der Waals surface area contributed by atoms with Crippen molar-refractivity contribution >= 4 is 33.5 Å². The Hall–Kier alpha value is -2.31. The summed E-state index contributed by atoms with van der Waals surface area (Å²) in [7, 11) is 0. The van der Waals surface area contributed by atoms with Gasteiger partial charge in [-0.25, -0.2) is 15.2 Å². The molecule has 0 saturated heterocycles. The zero-order chi connectivity index (χ0) is 15.9. The topological polar surface area (TPSA) is 80.2 Å². The Morgan fingerprint density at radius 3 is 1.95 bits per heavy atom. The summed E-state index contributed by atoms with van der Waals surface area (Å²) in [6, 6.07) is 15.1. The smallest absolute Gasteiger partial charge is 0.299 e. The lowest BCUT2D eigenvalue weighted by Crippen LogP contribution is -2.11. The minimum Gasteiger partial charge on any atom is -0.378 e. The second-order valence-electron chi connectivity index (χ2n) is 4.59. The number of aliphatic imine (C=N–C) groups is 2. The summed E-state index contributed by atoms with van der Waals surface area (Å²) < 4.78 is 0. The Labute approximate surface area is 133 Å². The first kappa shape index (κ1) is 16.1. The molecule has 6 heteroatoms. The predicted molar refractivity (Wildman–Crippen MR) is 92.0 cm³/mol. The Morgan fingerprint density at radius 1 is 0.955 bits per heavy atom. The first-order valence-electron chi connectivity index (χ1n) is 6.63. The van der Waals surface area contributed by atoms with E-state index in [1.54, 1.807) is 0 Å². The lowest BCUT2D eigenvalue weighted by molar-refractivity contribution is -0.150. The third kappa shape index (κ3) is 4.34. The summed E-state index contributed by atoms with van der Waals surface area (Å²) >= 11 is 0.957. The van der Waals surface area contributed by atoms with Gasteiger partial charge in [0.2, 0.25) is 0 Å². The standard InChI is InChI=1S/C16H17N3O2S/c1-11-7-3-5-9-13(11)18-15(17)22-16(21-20)19-14-10-6-4-8-12(14)2/h3-10,20H,1-2H3,(H2,17,18). The third-order valence-corrected chi connectivity index (χ3v) is 3.58. The lowest BCUT2D eigenvalue weighted by atomic mass is 10.2. The van der Waals surface area contributed by atoms with Gasteiger partial charge in [0.1, 0.15) is 0 Å². The largest absolute Gasteiger partial charge is 0.378 e. The van der Waals surface area contributed by atoms with E-state index in [9.17, 15) is 0 Å². The molecule has 2 aromatic carbocycles. The number of para-hydroxylation sites is 2. The van der Waals surface area contributed by atoms with Crippen LogP contribution in [0.15, 0.2) is 58.5 Å². The first-order chi connectivity index (χ1) is 10.6. The number of hydrogen-bond acceptors (Lipinski definition) is 5. The van der Waals surface area contributed by atoms with E-state index >= 15 is 0 Å². The lowest BCUT2D eigenvalue weighted by Gasteiger charge is -2.04. The number of rotatable bonds is 2. The molecule has 22 heavy (non-hydrogen) atoms. The maximum absolute atomic E-state index is 8.99. The van der Waals surface area contributed by atoms with Gasteiger partial charge in [-0.1, -0.05) is 36.4 Å². The van der Waals surface area contributed by atoms with Gasteiger partial charge in [-0.3, -0.25) is 0 Å². The molecule has 0 aliphatic heterocycles. The molecule has 0 spiro atoms. The molecule has 0 atom stereocenters. The average molecular weight is 315 g/mol. The molecule has 0 aliphatic rings. The Bertz CT molecular complexity index is 714. The van der Waals surface area contributed by atoms with Crippen LogP contribution in [0.5, 0.6) is 0 Å². The van der Waals surface area contributed by atoms with Crippen molar-refractivity contribution in [3.63, 3.8) is 0 Å². The number of thioether (sulfide) groups is 1.